The van der Waals surface area contributed by atoms with Gasteiger partial charge in [-0.25, -0.2) is 14.6 Å². The Bertz CT molecular complexity index is 729. The third-order valence-corrected chi connectivity index (χ3v) is 4.73. The molecular weight excluding hydrogens is 340 g/mol. The highest BCUT2D eigenvalue weighted by Crippen LogP contribution is 2.27. The summed E-state index contributed by atoms with van der Waals surface area (Å²) in [5.74, 6) is -0.613. The van der Waals surface area contributed by atoms with E-state index >= 15 is 0 Å². The number of carboxylic acid groups (broad SMARTS) is 1. The SMILES string of the molecule is CC(=O)N1C[C@H](OC(=O)N2Cc3cnc(N(C)C)cc3C2)C[C@H]1C(=O)O. The average Bonchev–Trinajstić information content (AvgIpc) is 3.17. The van der Waals surface area contributed by atoms with Gasteiger partial charge >= 0.3 is 12.1 Å². The Kier molecular flexibility index (Phi) is 4.71. The van der Waals surface area contributed by atoms with Gasteiger partial charge in [-0.05, 0) is 17.2 Å². The molecule has 2 aliphatic rings. The van der Waals surface area contributed by atoms with E-state index < -0.39 is 24.2 Å². The molecule has 0 radical (unpaired) electrons. The lowest BCUT2D eigenvalue weighted by atomic mass is 10.2. The molecule has 0 aliphatic carbocycles. The molecule has 3 rings (SSSR count). The first-order chi connectivity index (χ1) is 12.3. The van der Waals surface area contributed by atoms with Crippen LogP contribution in [0.3, 0.4) is 0 Å². The van der Waals surface area contributed by atoms with Crippen molar-refractivity contribution in [3.05, 3.63) is 23.4 Å². The number of carbonyl (C=O) groups is 3. The molecule has 26 heavy (non-hydrogen) atoms. The number of carboxylic acids is 1. The fourth-order valence-electron chi connectivity index (χ4n) is 3.33. The van der Waals surface area contributed by atoms with Crippen LogP contribution in [0, 0.1) is 0 Å². The monoisotopic (exact) mass is 362 g/mol. The number of anilines is 1. The number of fused-ring (bicyclic) bond motifs is 1. The van der Waals surface area contributed by atoms with Gasteiger partial charge in [0.05, 0.1) is 13.1 Å². The molecule has 1 aromatic heterocycles. The zero-order valence-corrected chi connectivity index (χ0v) is 15.0. The lowest BCUT2D eigenvalue weighted by Crippen LogP contribution is -2.39. The molecule has 3 heterocycles. The van der Waals surface area contributed by atoms with Crippen molar-refractivity contribution in [2.45, 2.75) is 38.6 Å². The number of aromatic nitrogens is 1. The summed E-state index contributed by atoms with van der Waals surface area (Å²) < 4.78 is 5.46. The van der Waals surface area contributed by atoms with Crippen LogP contribution < -0.4 is 4.90 Å². The van der Waals surface area contributed by atoms with Gasteiger partial charge in [-0.3, -0.25) is 9.69 Å². The van der Waals surface area contributed by atoms with Gasteiger partial charge in [0, 0.05) is 40.2 Å². The third kappa shape index (κ3) is 3.42. The zero-order chi connectivity index (χ0) is 19.0. The van der Waals surface area contributed by atoms with Gasteiger partial charge in [-0.2, -0.15) is 0 Å². The Morgan fingerprint density at radius 1 is 1.27 bits per heavy atom. The van der Waals surface area contributed by atoms with Crippen LogP contribution in [0.2, 0.25) is 0 Å². The second-order valence-corrected chi connectivity index (χ2v) is 6.83. The highest BCUT2D eigenvalue weighted by Gasteiger charge is 2.41. The van der Waals surface area contributed by atoms with E-state index in [1.807, 2.05) is 25.1 Å². The Morgan fingerprint density at radius 3 is 2.54 bits per heavy atom. The molecule has 1 N–H and O–H groups in total. The second kappa shape index (κ2) is 6.81. The molecule has 0 bridgehead atoms. The van der Waals surface area contributed by atoms with E-state index in [1.165, 1.54) is 11.8 Å². The number of hydrogen-bond donors (Lipinski definition) is 1. The van der Waals surface area contributed by atoms with Crippen LogP contribution in [0.4, 0.5) is 10.6 Å². The maximum Gasteiger partial charge on any atom is 0.410 e. The van der Waals surface area contributed by atoms with Gasteiger partial charge in [0.15, 0.2) is 0 Å². The highest BCUT2D eigenvalue weighted by molar-refractivity contribution is 5.83. The molecule has 140 valence electrons. The summed E-state index contributed by atoms with van der Waals surface area (Å²) in [6.07, 6.45) is 0.734. The van der Waals surface area contributed by atoms with Crippen molar-refractivity contribution in [2.24, 2.45) is 0 Å². The van der Waals surface area contributed by atoms with Gasteiger partial charge in [-0.1, -0.05) is 0 Å². The molecule has 1 fully saturated rings. The molecule has 9 heteroatoms. The maximum absolute atomic E-state index is 12.5. The van der Waals surface area contributed by atoms with Gasteiger partial charge in [0.2, 0.25) is 5.91 Å². The molecule has 1 aromatic rings. The van der Waals surface area contributed by atoms with Crippen molar-refractivity contribution in [3.63, 3.8) is 0 Å². The number of carbonyl (C=O) groups excluding carboxylic acids is 2. The van der Waals surface area contributed by atoms with Crippen molar-refractivity contribution < 1.29 is 24.2 Å². The number of hydrogen-bond acceptors (Lipinski definition) is 6. The average molecular weight is 362 g/mol. The minimum Gasteiger partial charge on any atom is -0.480 e. The highest BCUT2D eigenvalue weighted by atomic mass is 16.6. The number of rotatable bonds is 3. The third-order valence-electron chi connectivity index (χ3n) is 4.73. The zero-order valence-electron chi connectivity index (χ0n) is 15.0. The standard InChI is InChI=1S/C17H22N4O5/c1-10(22)21-9-13(5-14(21)16(23)24)26-17(25)20-7-11-4-15(19(2)3)18-6-12(11)8-20/h4,6,13-14H,5,7-9H2,1-3H3,(H,23,24)/t13-,14+/m1/s1. The van der Waals surface area contributed by atoms with E-state index in [9.17, 15) is 19.5 Å². The number of ether oxygens (including phenoxy) is 1. The van der Waals surface area contributed by atoms with Gasteiger partial charge < -0.3 is 19.6 Å². The first-order valence-corrected chi connectivity index (χ1v) is 8.37. The Morgan fingerprint density at radius 2 is 1.96 bits per heavy atom. The van der Waals surface area contributed by atoms with Gasteiger partial charge in [0.25, 0.3) is 0 Å². The van der Waals surface area contributed by atoms with Crippen molar-refractivity contribution in [2.75, 3.05) is 25.5 Å². The molecule has 0 saturated carbocycles. The molecule has 0 unspecified atom stereocenters. The van der Waals surface area contributed by atoms with Crippen LogP contribution in [0.25, 0.3) is 0 Å². The van der Waals surface area contributed by atoms with Crippen molar-refractivity contribution in [1.29, 1.82) is 0 Å². The molecule has 2 aliphatic heterocycles. The van der Waals surface area contributed by atoms with Crippen LogP contribution in [-0.4, -0.2) is 70.6 Å². The van der Waals surface area contributed by atoms with Gasteiger partial charge in [-0.15, -0.1) is 0 Å². The summed E-state index contributed by atoms with van der Waals surface area (Å²) >= 11 is 0. The number of aliphatic carboxylic acids is 1. The summed E-state index contributed by atoms with van der Waals surface area (Å²) in [4.78, 5) is 44.3. The van der Waals surface area contributed by atoms with E-state index in [0.29, 0.717) is 13.1 Å². The first-order valence-electron chi connectivity index (χ1n) is 8.37. The topological polar surface area (TPSA) is 103 Å². The van der Waals surface area contributed by atoms with Crippen LogP contribution in [0.15, 0.2) is 12.3 Å². The summed E-state index contributed by atoms with van der Waals surface area (Å²) in [6.45, 7) is 2.24. The lowest BCUT2D eigenvalue weighted by molar-refractivity contribution is -0.147. The summed E-state index contributed by atoms with van der Waals surface area (Å²) in [7, 11) is 3.80. The molecule has 0 spiro atoms. The molecule has 0 aromatic carbocycles. The number of nitrogens with zero attached hydrogens (tertiary/aromatic N) is 4. The largest absolute Gasteiger partial charge is 0.480 e. The Labute approximate surface area is 151 Å². The van der Waals surface area contributed by atoms with E-state index in [-0.39, 0.29) is 18.9 Å². The smallest absolute Gasteiger partial charge is 0.410 e. The minimum absolute atomic E-state index is 0.102. The van der Waals surface area contributed by atoms with Crippen LogP contribution in [0.1, 0.15) is 24.5 Å². The predicted molar refractivity (Wildman–Crippen MR) is 91.5 cm³/mol. The van der Waals surface area contributed by atoms with Gasteiger partial charge in [0.1, 0.15) is 18.0 Å². The van der Waals surface area contributed by atoms with E-state index in [1.54, 1.807) is 11.1 Å². The van der Waals surface area contributed by atoms with Crippen molar-refractivity contribution in [3.8, 4) is 0 Å². The van der Waals surface area contributed by atoms with Crippen LogP contribution >= 0.6 is 0 Å². The Balaban J connectivity index is 1.63. The second-order valence-electron chi connectivity index (χ2n) is 6.83. The number of likely N-dealkylation sites (tertiary alicyclic amines) is 1. The molecule has 2 amide bonds. The first kappa shape index (κ1) is 18.0. The quantitative estimate of drug-likeness (QED) is 0.843. The molecule has 2 atom stereocenters. The molecule has 9 nitrogen and oxygen atoms in total. The van der Waals surface area contributed by atoms with E-state index in [4.69, 9.17) is 4.74 Å². The summed E-state index contributed by atoms with van der Waals surface area (Å²) in [6, 6.07) is 0.990. The fourth-order valence-corrected chi connectivity index (χ4v) is 3.33. The fraction of sp³-hybridized carbons (Fsp3) is 0.529. The summed E-state index contributed by atoms with van der Waals surface area (Å²) in [5.41, 5.74) is 1.98. The van der Waals surface area contributed by atoms with Crippen LogP contribution in [0.5, 0.6) is 0 Å². The molecular formula is C17H22N4O5. The van der Waals surface area contributed by atoms with Crippen molar-refractivity contribution >= 4 is 23.8 Å². The Hall–Kier alpha value is -2.84. The number of pyridine rings is 1. The minimum atomic E-state index is -1.09. The van der Waals surface area contributed by atoms with E-state index in [2.05, 4.69) is 4.98 Å². The van der Waals surface area contributed by atoms with Crippen molar-refractivity contribution in [1.82, 2.24) is 14.8 Å². The molecule has 1 saturated heterocycles. The van der Waals surface area contributed by atoms with E-state index in [0.717, 1.165) is 16.9 Å². The lowest BCUT2D eigenvalue weighted by Gasteiger charge is -2.20. The summed E-state index contributed by atoms with van der Waals surface area (Å²) in [5, 5.41) is 9.23. The maximum atomic E-state index is 12.5. The normalized spacial score (nSPS) is 21.5. The number of amides is 2. The predicted octanol–water partition coefficient (Wildman–Crippen LogP) is 0.674. The van der Waals surface area contributed by atoms with Crippen LogP contribution in [-0.2, 0) is 27.4 Å².